The van der Waals surface area contributed by atoms with Gasteiger partial charge in [-0.1, -0.05) is 6.92 Å². The van der Waals surface area contributed by atoms with Crippen molar-refractivity contribution in [3.8, 4) is 11.8 Å². The van der Waals surface area contributed by atoms with E-state index < -0.39 is 5.97 Å². The van der Waals surface area contributed by atoms with Crippen LogP contribution in [0, 0.1) is 11.3 Å². The van der Waals surface area contributed by atoms with Crippen LogP contribution in [-0.4, -0.2) is 18.2 Å². The second-order valence-electron chi connectivity index (χ2n) is 2.98. The molecule has 1 aromatic rings. The summed E-state index contributed by atoms with van der Waals surface area (Å²) in [5.41, 5.74) is 1.16. The molecule has 1 N–H and O–H groups in total. The third-order valence-electron chi connectivity index (χ3n) is 2.13. The quantitative estimate of drug-likeness (QED) is 0.817. The molecular formula is C11H11NO3. The van der Waals surface area contributed by atoms with Crippen LogP contribution in [0.3, 0.4) is 0 Å². The van der Waals surface area contributed by atoms with Crippen LogP contribution in [0.4, 0.5) is 0 Å². The zero-order chi connectivity index (χ0) is 11.4. The number of benzene rings is 1. The Labute approximate surface area is 87.7 Å². The first-order chi connectivity index (χ1) is 7.13. The lowest BCUT2D eigenvalue weighted by Crippen LogP contribution is -2.05. The molecule has 4 heteroatoms. The molecule has 0 aliphatic heterocycles. The third kappa shape index (κ3) is 2.08. The highest BCUT2D eigenvalue weighted by Gasteiger charge is 2.16. The van der Waals surface area contributed by atoms with E-state index in [0.29, 0.717) is 17.5 Å². The highest BCUT2D eigenvalue weighted by Crippen LogP contribution is 2.25. The van der Waals surface area contributed by atoms with Gasteiger partial charge in [-0.15, -0.1) is 0 Å². The van der Waals surface area contributed by atoms with Gasteiger partial charge in [-0.2, -0.15) is 5.26 Å². The van der Waals surface area contributed by atoms with E-state index >= 15 is 0 Å². The van der Waals surface area contributed by atoms with Crippen molar-refractivity contribution >= 4 is 5.97 Å². The molecule has 0 saturated heterocycles. The topological polar surface area (TPSA) is 70.3 Å². The van der Waals surface area contributed by atoms with Gasteiger partial charge in [0.2, 0.25) is 0 Å². The minimum atomic E-state index is -1.03. The fourth-order valence-electron chi connectivity index (χ4n) is 1.42. The van der Waals surface area contributed by atoms with Gasteiger partial charge in [0.05, 0.1) is 18.7 Å². The van der Waals surface area contributed by atoms with E-state index in [0.717, 1.165) is 0 Å². The number of nitriles is 1. The number of methoxy groups -OCH3 is 1. The van der Waals surface area contributed by atoms with Crippen LogP contribution >= 0.6 is 0 Å². The molecule has 0 fully saturated rings. The molecule has 0 bridgehead atoms. The number of carboxylic acids is 1. The lowest BCUT2D eigenvalue weighted by atomic mass is 10.0. The molecule has 0 saturated carbocycles. The molecule has 0 aromatic heterocycles. The predicted octanol–water partition coefficient (Wildman–Crippen LogP) is 1.83. The Morgan fingerprint density at radius 3 is 2.67 bits per heavy atom. The van der Waals surface area contributed by atoms with Crippen molar-refractivity contribution in [3.05, 3.63) is 28.8 Å². The highest BCUT2D eigenvalue weighted by molar-refractivity contribution is 5.93. The van der Waals surface area contributed by atoms with Crippen molar-refractivity contribution < 1.29 is 14.6 Å². The third-order valence-corrected chi connectivity index (χ3v) is 2.13. The fraction of sp³-hybridized carbons (Fsp3) is 0.273. The van der Waals surface area contributed by atoms with E-state index in [2.05, 4.69) is 0 Å². The lowest BCUT2D eigenvalue weighted by Gasteiger charge is -2.09. The van der Waals surface area contributed by atoms with Crippen LogP contribution < -0.4 is 4.74 Å². The summed E-state index contributed by atoms with van der Waals surface area (Å²) < 4.78 is 4.96. The van der Waals surface area contributed by atoms with Crippen molar-refractivity contribution in [1.82, 2.24) is 0 Å². The van der Waals surface area contributed by atoms with Crippen molar-refractivity contribution in [3.63, 3.8) is 0 Å². The number of aryl methyl sites for hydroxylation is 1. The molecule has 1 rings (SSSR count). The normalized spacial score (nSPS) is 9.40. The highest BCUT2D eigenvalue weighted by atomic mass is 16.5. The zero-order valence-corrected chi connectivity index (χ0v) is 8.57. The molecule has 0 heterocycles. The minimum Gasteiger partial charge on any atom is -0.496 e. The second-order valence-corrected chi connectivity index (χ2v) is 2.98. The number of ether oxygens (including phenoxy) is 1. The summed E-state index contributed by atoms with van der Waals surface area (Å²) >= 11 is 0. The van der Waals surface area contributed by atoms with Crippen LogP contribution in [0.2, 0.25) is 0 Å². The van der Waals surface area contributed by atoms with Crippen molar-refractivity contribution in [1.29, 1.82) is 5.26 Å². The number of nitrogens with zero attached hydrogens (tertiary/aromatic N) is 1. The van der Waals surface area contributed by atoms with Crippen molar-refractivity contribution in [2.75, 3.05) is 7.11 Å². The van der Waals surface area contributed by atoms with Gasteiger partial charge < -0.3 is 9.84 Å². The van der Waals surface area contributed by atoms with E-state index in [-0.39, 0.29) is 11.3 Å². The first-order valence-electron chi connectivity index (χ1n) is 4.48. The molecule has 4 nitrogen and oxygen atoms in total. The van der Waals surface area contributed by atoms with Gasteiger partial charge in [0.25, 0.3) is 0 Å². The standard InChI is InChI=1S/C11H11NO3/c1-3-8-4-7(6-12)5-9(15-2)10(8)11(13)14/h4-5H,3H2,1-2H3,(H,13,14). The largest absolute Gasteiger partial charge is 0.496 e. The van der Waals surface area contributed by atoms with Crippen molar-refractivity contribution in [2.45, 2.75) is 13.3 Å². The Hall–Kier alpha value is -2.02. The Bertz CT molecular complexity index is 407. The molecule has 0 unspecified atom stereocenters. The molecule has 78 valence electrons. The molecule has 0 amide bonds. The number of carbonyl (C=O) groups is 1. The van der Waals surface area contributed by atoms with E-state index in [4.69, 9.17) is 15.1 Å². The first-order valence-corrected chi connectivity index (χ1v) is 4.48. The molecule has 0 atom stereocenters. The van der Waals surface area contributed by atoms with Gasteiger partial charge in [-0.3, -0.25) is 0 Å². The Kier molecular flexibility index (Phi) is 3.29. The summed E-state index contributed by atoms with van der Waals surface area (Å²) in [6.07, 6.45) is 0.549. The summed E-state index contributed by atoms with van der Waals surface area (Å²) in [4.78, 5) is 11.0. The number of aromatic carboxylic acids is 1. The van der Waals surface area contributed by atoms with Crippen LogP contribution in [0.15, 0.2) is 12.1 Å². The molecule has 15 heavy (non-hydrogen) atoms. The van der Waals surface area contributed by atoms with Crippen LogP contribution in [0.25, 0.3) is 0 Å². The summed E-state index contributed by atoms with van der Waals surface area (Å²) in [7, 11) is 1.39. The maximum absolute atomic E-state index is 11.0. The Balaban J connectivity index is 3.48. The smallest absolute Gasteiger partial charge is 0.339 e. The minimum absolute atomic E-state index is 0.138. The summed E-state index contributed by atoms with van der Waals surface area (Å²) in [5, 5.41) is 17.8. The van der Waals surface area contributed by atoms with Gasteiger partial charge >= 0.3 is 5.97 Å². The van der Waals surface area contributed by atoms with Gasteiger partial charge in [-0.05, 0) is 24.1 Å². The van der Waals surface area contributed by atoms with Crippen LogP contribution in [0.5, 0.6) is 5.75 Å². The first kappa shape index (κ1) is 11.1. The average molecular weight is 205 g/mol. The molecule has 1 aromatic carbocycles. The van der Waals surface area contributed by atoms with Gasteiger partial charge in [0.15, 0.2) is 0 Å². The molecule has 0 aliphatic rings. The van der Waals surface area contributed by atoms with Crippen LogP contribution in [-0.2, 0) is 6.42 Å². The molecule has 0 radical (unpaired) electrons. The SMILES string of the molecule is CCc1cc(C#N)cc(OC)c1C(=O)O. The number of hydrogen-bond donors (Lipinski definition) is 1. The Morgan fingerprint density at radius 1 is 1.60 bits per heavy atom. The van der Waals surface area contributed by atoms with E-state index in [1.54, 1.807) is 6.07 Å². The van der Waals surface area contributed by atoms with Crippen LogP contribution in [0.1, 0.15) is 28.4 Å². The van der Waals surface area contributed by atoms with Crippen molar-refractivity contribution in [2.24, 2.45) is 0 Å². The average Bonchev–Trinajstić information content (AvgIpc) is 2.26. The summed E-state index contributed by atoms with van der Waals surface area (Å²) in [6, 6.07) is 4.98. The number of hydrogen-bond acceptors (Lipinski definition) is 3. The maximum atomic E-state index is 11.0. The lowest BCUT2D eigenvalue weighted by molar-refractivity contribution is 0.0692. The molecular weight excluding hydrogens is 194 g/mol. The summed E-state index contributed by atoms with van der Waals surface area (Å²) in [5.74, 6) is -0.799. The van der Waals surface area contributed by atoms with E-state index in [9.17, 15) is 4.79 Å². The van der Waals surface area contributed by atoms with E-state index in [1.807, 2.05) is 13.0 Å². The van der Waals surface area contributed by atoms with E-state index in [1.165, 1.54) is 13.2 Å². The fourth-order valence-corrected chi connectivity index (χ4v) is 1.42. The zero-order valence-electron chi connectivity index (χ0n) is 8.57. The Morgan fingerprint density at radius 2 is 2.27 bits per heavy atom. The monoisotopic (exact) mass is 205 g/mol. The number of carboxylic acid groups (broad SMARTS) is 1. The predicted molar refractivity (Wildman–Crippen MR) is 54.0 cm³/mol. The number of rotatable bonds is 3. The molecule has 0 spiro atoms. The van der Waals surface area contributed by atoms with Gasteiger partial charge in [0.1, 0.15) is 11.3 Å². The maximum Gasteiger partial charge on any atom is 0.339 e. The summed E-state index contributed by atoms with van der Waals surface area (Å²) in [6.45, 7) is 1.84. The van der Waals surface area contributed by atoms with Gasteiger partial charge in [-0.25, -0.2) is 4.79 Å². The van der Waals surface area contributed by atoms with Gasteiger partial charge in [0, 0.05) is 0 Å². The molecule has 0 aliphatic carbocycles. The second kappa shape index (κ2) is 4.47.